The molecule has 0 bridgehead atoms. The predicted octanol–water partition coefficient (Wildman–Crippen LogP) is 5.35. The van der Waals surface area contributed by atoms with E-state index in [9.17, 15) is 19.5 Å². The van der Waals surface area contributed by atoms with Crippen molar-refractivity contribution in [3.8, 4) is 11.5 Å². The van der Waals surface area contributed by atoms with Crippen LogP contribution in [-0.2, 0) is 56.5 Å². The molecule has 12 heteroatoms. The molecule has 4 unspecified atom stereocenters. The summed E-state index contributed by atoms with van der Waals surface area (Å²) < 4.78 is 29.5. The Morgan fingerprint density at radius 3 is 2.24 bits per heavy atom. The van der Waals surface area contributed by atoms with E-state index in [0.717, 1.165) is 58.0 Å². The number of benzene rings is 4. The summed E-state index contributed by atoms with van der Waals surface area (Å²) in [6, 6.07) is 27.7. The van der Waals surface area contributed by atoms with Gasteiger partial charge in [-0.05, 0) is 51.9 Å². The smallest absolute Gasteiger partial charge is 0.408 e. The minimum atomic E-state index is -0.984. The molecule has 0 radical (unpaired) electrons. The molecule has 2 N–H and O–H groups in total. The highest BCUT2D eigenvalue weighted by atomic mass is 16.7. The number of methoxy groups -OCH3 is 2. The second-order valence-electron chi connectivity index (χ2n) is 13.8. The Bertz CT molecular complexity index is 1940. The van der Waals surface area contributed by atoms with Gasteiger partial charge >= 0.3 is 6.09 Å². The zero-order valence-corrected chi connectivity index (χ0v) is 30.4. The van der Waals surface area contributed by atoms with Crippen molar-refractivity contribution in [2.24, 2.45) is 0 Å². The molecule has 4 atom stereocenters. The van der Waals surface area contributed by atoms with Crippen molar-refractivity contribution >= 4 is 17.9 Å². The van der Waals surface area contributed by atoms with Gasteiger partial charge in [0, 0.05) is 31.6 Å². The van der Waals surface area contributed by atoms with Crippen molar-refractivity contribution in [2.75, 3.05) is 27.3 Å². The molecular weight excluding hydrogens is 690 g/mol. The van der Waals surface area contributed by atoms with Crippen molar-refractivity contribution in [1.82, 2.24) is 15.1 Å². The maximum absolute atomic E-state index is 13.1. The van der Waals surface area contributed by atoms with Crippen LogP contribution in [0.3, 0.4) is 0 Å². The summed E-state index contributed by atoms with van der Waals surface area (Å²) in [5.41, 5.74) is 6.65. The van der Waals surface area contributed by atoms with Gasteiger partial charge in [0.15, 0.2) is 17.8 Å². The molecule has 4 aromatic rings. The minimum Gasteiger partial charge on any atom is -0.493 e. The summed E-state index contributed by atoms with van der Waals surface area (Å²) in [6.07, 6.45) is -0.401. The Morgan fingerprint density at radius 1 is 0.852 bits per heavy atom. The molecule has 3 heterocycles. The molecule has 3 amide bonds. The van der Waals surface area contributed by atoms with E-state index in [1.165, 1.54) is 11.1 Å². The molecule has 12 nitrogen and oxygen atoms in total. The van der Waals surface area contributed by atoms with Gasteiger partial charge < -0.3 is 34.1 Å². The summed E-state index contributed by atoms with van der Waals surface area (Å²) in [5.74, 6) is 0.602. The Balaban J connectivity index is 1.01. The van der Waals surface area contributed by atoms with E-state index in [1.807, 2.05) is 78.9 Å². The lowest BCUT2D eigenvalue weighted by molar-refractivity contribution is -0.253. The van der Waals surface area contributed by atoms with Gasteiger partial charge in [-0.2, -0.15) is 0 Å². The number of hydrogen-bond donors (Lipinski definition) is 2. The lowest BCUT2D eigenvalue weighted by atomic mass is 9.97. The van der Waals surface area contributed by atoms with E-state index in [-0.39, 0.29) is 44.3 Å². The van der Waals surface area contributed by atoms with Gasteiger partial charge in [0.25, 0.3) is 5.91 Å². The number of imide groups is 1. The number of carbonyl (C=O) groups is 3. The zero-order valence-electron chi connectivity index (χ0n) is 30.4. The van der Waals surface area contributed by atoms with Crippen LogP contribution in [0.4, 0.5) is 4.79 Å². The van der Waals surface area contributed by atoms with Crippen LogP contribution in [-0.4, -0.2) is 72.3 Å². The third-order valence-electron chi connectivity index (χ3n) is 10.2. The van der Waals surface area contributed by atoms with Crippen LogP contribution < -0.4 is 14.8 Å². The van der Waals surface area contributed by atoms with Crippen LogP contribution in [0, 0.1) is 0 Å². The van der Waals surface area contributed by atoms with Crippen LogP contribution in [0.15, 0.2) is 91.0 Å². The van der Waals surface area contributed by atoms with Gasteiger partial charge in [0.05, 0.1) is 46.0 Å². The first kappa shape index (κ1) is 37.1. The Morgan fingerprint density at radius 2 is 1.54 bits per heavy atom. The summed E-state index contributed by atoms with van der Waals surface area (Å²) in [7, 11) is 3.30. The average molecular weight is 736 g/mol. The highest BCUT2D eigenvalue weighted by molar-refractivity contribution is 6.06. The molecule has 3 aliphatic rings. The largest absolute Gasteiger partial charge is 0.493 e. The number of hydrogen-bond acceptors (Lipinski definition) is 10. The Labute approximate surface area is 314 Å². The maximum Gasteiger partial charge on any atom is 0.408 e. The quantitative estimate of drug-likeness (QED) is 0.183. The number of aliphatic hydroxyl groups excluding tert-OH is 1. The van der Waals surface area contributed by atoms with Crippen molar-refractivity contribution < 1.29 is 43.2 Å². The van der Waals surface area contributed by atoms with Gasteiger partial charge in [0.1, 0.15) is 12.6 Å². The third-order valence-corrected chi connectivity index (χ3v) is 10.2. The summed E-state index contributed by atoms with van der Waals surface area (Å²) in [5, 5.41) is 12.1. The molecule has 7 rings (SSSR count). The second-order valence-corrected chi connectivity index (χ2v) is 13.8. The van der Waals surface area contributed by atoms with Crippen molar-refractivity contribution in [2.45, 2.75) is 70.1 Å². The molecule has 2 saturated heterocycles. The number of ether oxygens (including phenoxy) is 5. The molecule has 54 heavy (non-hydrogen) atoms. The number of aliphatic hydroxyl groups is 1. The monoisotopic (exact) mass is 735 g/mol. The first-order valence-electron chi connectivity index (χ1n) is 18.2. The Kier molecular flexibility index (Phi) is 11.5. The van der Waals surface area contributed by atoms with Crippen molar-refractivity contribution in [3.05, 3.63) is 130 Å². The zero-order chi connectivity index (χ0) is 37.6. The first-order chi connectivity index (χ1) is 26.3. The number of nitrogens with zero attached hydrogens (tertiary/aromatic N) is 2. The fourth-order valence-corrected chi connectivity index (χ4v) is 7.25. The van der Waals surface area contributed by atoms with Gasteiger partial charge in [-0.3, -0.25) is 19.4 Å². The summed E-state index contributed by atoms with van der Waals surface area (Å²) in [4.78, 5) is 42.0. The number of rotatable bonds is 12. The van der Waals surface area contributed by atoms with Gasteiger partial charge in [0.2, 0.25) is 5.91 Å². The SMILES string of the molecule is COc1cc2c(cc1OC)CN(CC1CC(c3ccc(CO)cc3)OC(c3ccc(CN4C(=O)CC(NC(=O)OCc5ccccc5)C4=O)cc3)O1)CC2. The third kappa shape index (κ3) is 8.58. The van der Waals surface area contributed by atoms with Gasteiger partial charge in [-0.25, -0.2) is 4.79 Å². The van der Waals surface area contributed by atoms with Crippen LogP contribution in [0.1, 0.15) is 64.2 Å². The highest BCUT2D eigenvalue weighted by Gasteiger charge is 2.40. The molecule has 0 saturated carbocycles. The minimum absolute atomic E-state index is 0.0350. The number of nitrogens with one attached hydrogen (secondary N) is 1. The average Bonchev–Trinajstić information content (AvgIpc) is 3.46. The molecule has 0 aromatic heterocycles. The summed E-state index contributed by atoms with van der Waals surface area (Å²) in [6.45, 7) is 2.42. The topological polar surface area (TPSA) is 136 Å². The lowest BCUT2D eigenvalue weighted by Gasteiger charge is -2.39. The Hall–Kier alpha value is -5.27. The fourth-order valence-electron chi connectivity index (χ4n) is 7.25. The standard InChI is InChI=1S/C42H45N3O9/c1-50-37-18-32-16-17-44(23-33(32)19-38(37)51-2)24-34-20-36(30-12-10-28(25-46)11-13-30)54-41(53-34)31-14-8-27(9-15-31)22-45-39(47)21-35(40(45)48)43-42(49)52-26-29-6-4-3-5-7-29/h3-15,18-19,34-36,41,46H,16-17,20-26H2,1-2H3,(H,43,49). The van der Waals surface area contributed by atoms with E-state index in [1.54, 1.807) is 14.2 Å². The van der Waals surface area contributed by atoms with Crippen molar-refractivity contribution in [3.63, 3.8) is 0 Å². The molecule has 282 valence electrons. The lowest BCUT2D eigenvalue weighted by Crippen LogP contribution is -2.41. The van der Waals surface area contributed by atoms with Gasteiger partial charge in [-0.15, -0.1) is 0 Å². The van der Waals surface area contributed by atoms with E-state index in [4.69, 9.17) is 23.7 Å². The van der Waals surface area contributed by atoms with Crippen LogP contribution >= 0.6 is 0 Å². The number of carbonyl (C=O) groups excluding carboxylic acids is 3. The maximum atomic E-state index is 13.1. The molecule has 0 spiro atoms. The number of alkyl carbamates (subject to hydrolysis) is 1. The van der Waals surface area contributed by atoms with E-state index < -0.39 is 24.3 Å². The second kappa shape index (κ2) is 16.8. The molecule has 4 aromatic carbocycles. The van der Waals surface area contributed by atoms with E-state index in [2.05, 4.69) is 22.3 Å². The summed E-state index contributed by atoms with van der Waals surface area (Å²) >= 11 is 0. The fraction of sp³-hybridized carbons (Fsp3) is 0.357. The predicted molar refractivity (Wildman–Crippen MR) is 197 cm³/mol. The number of likely N-dealkylation sites (tertiary alicyclic amines) is 1. The van der Waals surface area contributed by atoms with Crippen molar-refractivity contribution in [1.29, 1.82) is 0 Å². The molecule has 0 aliphatic carbocycles. The molecule has 3 aliphatic heterocycles. The van der Waals surface area contributed by atoms with Gasteiger partial charge in [-0.1, -0.05) is 78.9 Å². The van der Waals surface area contributed by atoms with E-state index >= 15 is 0 Å². The number of amides is 3. The molecular formula is C42H45N3O9. The van der Waals surface area contributed by atoms with Crippen LogP contribution in [0.2, 0.25) is 0 Å². The normalized spacial score (nSPS) is 21.4. The van der Waals surface area contributed by atoms with Crippen LogP contribution in [0.5, 0.6) is 11.5 Å². The van der Waals surface area contributed by atoms with Crippen LogP contribution in [0.25, 0.3) is 0 Å². The first-order valence-corrected chi connectivity index (χ1v) is 18.2. The number of fused-ring (bicyclic) bond motifs is 1. The van der Waals surface area contributed by atoms with E-state index in [0.29, 0.717) is 18.7 Å². The highest BCUT2D eigenvalue weighted by Crippen LogP contribution is 2.39. The molecule has 2 fully saturated rings.